The van der Waals surface area contributed by atoms with E-state index in [0.29, 0.717) is 41.7 Å². The highest BCUT2D eigenvalue weighted by Crippen LogP contribution is 2.34. The fourth-order valence-corrected chi connectivity index (χ4v) is 4.29. The number of benzene rings is 3. The molecule has 0 fully saturated rings. The van der Waals surface area contributed by atoms with Gasteiger partial charge in [-0.3, -0.25) is 9.59 Å². The van der Waals surface area contributed by atoms with Gasteiger partial charge in [0.05, 0.1) is 34.0 Å². The first kappa shape index (κ1) is 26.8. The maximum Gasteiger partial charge on any atom is 0.416 e. The van der Waals surface area contributed by atoms with Crippen molar-refractivity contribution in [2.45, 2.75) is 44.8 Å². The van der Waals surface area contributed by atoms with Crippen LogP contribution in [0.2, 0.25) is 0 Å². The number of hydrogen-bond acceptors (Lipinski definition) is 4. The minimum absolute atomic E-state index is 0.0231. The number of carboxylic acid groups (broad SMARTS) is 1. The molecule has 38 heavy (non-hydrogen) atoms. The molecule has 0 saturated heterocycles. The fourth-order valence-electron chi connectivity index (χ4n) is 4.29. The number of unbranched alkanes of at least 4 members (excludes halogenated alkanes) is 1. The molecule has 3 aromatic carbocycles. The molecule has 0 aliphatic heterocycles. The molecule has 0 aliphatic carbocycles. The quantitative estimate of drug-likeness (QED) is 0.242. The van der Waals surface area contributed by atoms with Crippen LogP contribution >= 0.6 is 0 Å². The molecule has 1 amide bonds. The number of carboxylic acids is 1. The van der Waals surface area contributed by atoms with E-state index in [-0.39, 0.29) is 17.5 Å². The van der Waals surface area contributed by atoms with Gasteiger partial charge in [-0.25, -0.2) is 9.97 Å². The Balaban J connectivity index is 1.62. The molecule has 4 rings (SSSR count). The van der Waals surface area contributed by atoms with Crippen molar-refractivity contribution in [3.63, 3.8) is 0 Å². The Labute approximate surface area is 217 Å². The number of aromatic nitrogens is 2. The van der Waals surface area contributed by atoms with Gasteiger partial charge < -0.3 is 10.4 Å². The topological polar surface area (TPSA) is 92.2 Å². The Morgan fingerprint density at radius 1 is 0.921 bits per heavy atom. The Morgan fingerprint density at radius 3 is 2.34 bits per heavy atom. The number of aryl methyl sites for hydroxylation is 1. The SMILES string of the molecule is C[C@@H](NC(=O)c1ccc2nc(-c3ccccc3)c(CCCCC(=O)O)nc2c1)c1ccccc1C(F)(F)F. The van der Waals surface area contributed by atoms with Crippen molar-refractivity contribution in [1.29, 1.82) is 0 Å². The van der Waals surface area contributed by atoms with Crippen molar-refractivity contribution in [3.8, 4) is 11.3 Å². The summed E-state index contributed by atoms with van der Waals surface area (Å²) >= 11 is 0. The van der Waals surface area contributed by atoms with E-state index < -0.39 is 29.7 Å². The number of alkyl halides is 3. The molecule has 0 aliphatic rings. The van der Waals surface area contributed by atoms with Crippen molar-refractivity contribution >= 4 is 22.9 Å². The summed E-state index contributed by atoms with van der Waals surface area (Å²) in [6.07, 6.45) is -2.89. The summed E-state index contributed by atoms with van der Waals surface area (Å²) < 4.78 is 40.3. The number of hydrogen-bond donors (Lipinski definition) is 2. The Hall–Kier alpha value is -4.27. The van der Waals surface area contributed by atoms with Gasteiger partial charge in [-0.05, 0) is 56.0 Å². The molecule has 0 saturated carbocycles. The van der Waals surface area contributed by atoms with E-state index in [1.54, 1.807) is 18.2 Å². The van der Waals surface area contributed by atoms with Gasteiger partial charge >= 0.3 is 12.1 Å². The molecule has 0 unspecified atom stereocenters. The van der Waals surface area contributed by atoms with Crippen LogP contribution in [0.25, 0.3) is 22.3 Å². The van der Waals surface area contributed by atoms with Crippen LogP contribution in [0, 0.1) is 0 Å². The van der Waals surface area contributed by atoms with Gasteiger partial charge in [0.2, 0.25) is 0 Å². The molecular formula is C29H26F3N3O3. The average Bonchev–Trinajstić information content (AvgIpc) is 2.90. The molecule has 1 heterocycles. The standard InChI is InChI=1S/C29H26F3N3O3/c1-18(21-11-5-6-12-22(21)29(30,31)32)33-28(38)20-15-16-23-25(17-20)34-24(13-7-8-14-26(36)37)27(35-23)19-9-3-2-4-10-19/h2-6,9-12,15-18H,7-8,13-14H2,1H3,(H,33,38)(H,36,37)/t18-/m1/s1. The summed E-state index contributed by atoms with van der Waals surface area (Å²) in [5, 5.41) is 11.6. The number of fused-ring (bicyclic) bond motifs is 1. The molecule has 0 spiro atoms. The van der Waals surface area contributed by atoms with Crippen LogP contribution in [0.15, 0.2) is 72.8 Å². The third-order valence-corrected chi connectivity index (χ3v) is 6.18. The van der Waals surface area contributed by atoms with Crippen LogP contribution in [-0.2, 0) is 17.4 Å². The summed E-state index contributed by atoms with van der Waals surface area (Å²) in [6, 6.07) is 18.6. The molecule has 0 radical (unpaired) electrons. The van der Waals surface area contributed by atoms with Crippen molar-refractivity contribution in [2.75, 3.05) is 0 Å². The van der Waals surface area contributed by atoms with Crippen LogP contribution in [0.1, 0.15) is 59.4 Å². The van der Waals surface area contributed by atoms with E-state index in [0.717, 1.165) is 11.6 Å². The summed E-state index contributed by atoms with van der Waals surface area (Å²) in [5.74, 6) is -1.39. The van der Waals surface area contributed by atoms with E-state index in [1.165, 1.54) is 25.1 Å². The number of halogens is 3. The zero-order chi connectivity index (χ0) is 27.3. The summed E-state index contributed by atoms with van der Waals surface area (Å²) in [6.45, 7) is 1.50. The van der Waals surface area contributed by atoms with Crippen molar-refractivity contribution in [2.24, 2.45) is 0 Å². The van der Waals surface area contributed by atoms with Gasteiger partial charge in [-0.2, -0.15) is 13.2 Å². The van der Waals surface area contributed by atoms with E-state index in [1.807, 2.05) is 30.3 Å². The normalized spacial score (nSPS) is 12.3. The lowest BCUT2D eigenvalue weighted by Gasteiger charge is -2.19. The Kier molecular flexibility index (Phi) is 8.05. The van der Waals surface area contributed by atoms with Crippen LogP contribution in [0.4, 0.5) is 13.2 Å². The number of nitrogens with zero attached hydrogens (tertiary/aromatic N) is 2. The largest absolute Gasteiger partial charge is 0.481 e. The molecule has 6 nitrogen and oxygen atoms in total. The molecule has 9 heteroatoms. The third-order valence-electron chi connectivity index (χ3n) is 6.18. The molecule has 196 valence electrons. The molecule has 1 atom stereocenters. The second kappa shape index (κ2) is 11.4. The number of carbonyl (C=O) groups is 2. The second-order valence-corrected chi connectivity index (χ2v) is 8.97. The third kappa shape index (κ3) is 6.34. The number of amides is 1. The molecule has 0 bridgehead atoms. The van der Waals surface area contributed by atoms with Gasteiger partial charge in [-0.1, -0.05) is 48.5 Å². The Morgan fingerprint density at radius 2 is 1.63 bits per heavy atom. The zero-order valence-electron chi connectivity index (χ0n) is 20.6. The van der Waals surface area contributed by atoms with Gasteiger partial charge in [0.1, 0.15) is 0 Å². The predicted octanol–water partition coefficient (Wildman–Crippen LogP) is 6.60. The number of nitrogens with one attached hydrogen (secondary N) is 1. The van der Waals surface area contributed by atoms with E-state index in [9.17, 15) is 22.8 Å². The number of carbonyl (C=O) groups excluding carboxylic acids is 1. The second-order valence-electron chi connectivity index (χ2n) is 8.97. The summed E-state index contributed by atoms with van der Waals surface area (Å²) in [5.41, 5.74) is 2.69. The molecule has 2 N–H and O–H groups in total. The first-order chi connectivity index (χ1) is 18.1. The number of aliphatic carboxylic acids is 1. The Bertz CT molecular complexity index is 1460. The van der Waals surface area contributed by atoms with Crippen LogP contribution in [-0.4, -0.2) is 27.0 Å². The van der Waals surface area contributed by atoms with Crippen molar-refractivity contribution < 1.29 is 27.9 Å². The minimum Gasteiger partial charge on any atom is -0.481 e. The lowest BCUT2D eigenvalue weighted by molar-refractivity contribution is -0.138. The summed E-state index contributed by atoms with van der Waals surface area (Å²) in [7, 11) is 0. The predicted molar refractivity (Wildman–Crippen MR) is 137 cm³/mol. The number of rotatable bonds is 9. The highest BCUT2D eigenvalue weighted by Gasteiger charge is 2.34. The van der Waals surface area contributed by atoms with E-state index in [2.05, 4.69) is 5.32 Å². The first-order valence-corrected chi connectivity index (χ1v) is 12.2. The van der Waals surface area contributed by atoms with Crippen LogP contribution in [0.3, 0.4) is 0 Å². The van der Waals surface area contributed by atoms with Gasteiger partial charge in [0, 0.05) is 17.5 Å². The maximum absolute atomic E-state index is 13.4. The van der Waals surface area contributed by atoms with Crippen molar-refractivity contribution in [1.82, 2.24) is 15.3 Å². The van der Waals surface area contributed by atoms with Crippen LogP contribution < -0.4 is 5.32 Å². The average molecular weight is 522 g/mol. The highest BCUT2D eigenvalue weighted by molar-refractivity contribution is 5.97. The van der Waals surface area contributed by atoms with Crippen molar-refractivity contribution in [3.05, 3.63) is 95.2 Å². The monoisotopic (exact) mass is 521 g/mol. The smallest absolute Gasteiger partial charge is 0.416 e. The molecular weight excluding hydrogens is 495 g/mol. The van der Waals surface area contributed by atoms with Gasteiger partial charge in [-0.15, -0.1) is 0 Å². The van der Waals surface area contributed by atoms with Gasteiger partial charge in [0.25, 0.3) is 5.91 Å². The molecule has 4 aromatic rings. The van der Waals surface area contributed by atoms with E-state index in [4.69, 9.17) is 15.1 Å². The minimum atomic E-state index is -4.54. The lowest BCUT2D eigenvalue weighted by Crippen LogP contribution is -2.28. The summed E-state index contributed by atoms with van der Waals surface area (Å²) in [4.78, 5) is 33.4. The molecule has 1 aromatic heterocycles. The fraction of sp³-hybridized carbons (Fsp3) is 0.241. The lowest BCUT2D eigenvalue weighted by atomic mass is 10.0. The maximum atomic E-state index is 13.4. The zero-order valence-corrected chi connectivity index (χ0v) is 20.6. The first-order valence-electron chi connectivity index (χ1n) is 12.2. The van der Waals surface area contributed by atoms with Crippen LogP contribution in [0.5, 0.6) is 0 Å². The highest BCUT2D eigenvalue weighted by atomic mass is 19.4. The van der Waals surface area contributed by atoms with E-state index >= 15 is 0 Å². The van der Waals surface area contributed by atoms with Gasteiger partial charge in [0.15, 0.2) is 0 Å².